The first kappa shape index (κ1) is 22.9. The van der Waals surface area contributed by atoms with Gasteiger partial charge in [-0.1, -0.05) is 77.9 Å². The van der Waals surface area contributed by atoms with Gasteiger partial charge in [-0.05, 0) is 40.5 Å². The van der Waals surface area contributed by atoms with Crippen molar-refractivity contribution in [2.45, 2.75) is 59.3 Å². The molecule has 4 heteroatoms. The van der Waals surface area contributed by atoms with Crippen LogP contribution in [0, 0.1) is 5.92 Å². The summed E-state index contributed by atoms with van der Waals surface area (Å²) in [6.45, 7) is 13.7. The van der Waals surface area contributed by atoms with Crippen molar-refractivity contribution >= 4 is 22.6 Å². The van der Waals surface area contributed by atoms with E-state index in [1.54, 1.807) is 0 Å². The molecule has 2 N–H and O–H groups in total. The minimum atomic E-state index is -0.138. The number of carbonyl (C=O) groups is 1. The predicted octanol–water partition coefficient (Wildman–Crippen LogP) is 6.99. The van der Waals surface area contributed by atoms with Gasteiger partial charge in [0.25, 0.3) is 0 Å². The molecule has 1 atom stereocenters. The zero-order valence-electron chi connectivity index (χ0n) is 20.0. The molecule has 1 aromatic heterocycles. The van der Waals surface area contributed by atoms with Crippen LogP contribution in [0.4, 0.5) is 10.5 Å². The van der Waals surface area contributed by atoms with Crippen LogP contribution in [0.2, 0.25) is 0 Å². The maximum atomic E-state index is 13.0. The number of hydrogen-bond acceptors (Lipinski definition) is 1. The van der Waals surface area contributed by atoms with Crippen molar-refractivity contribution in [3.05, 3.63) is 65.4 Å². The number of amides is 2. The summed E-state index contributed by atoms with van der Waals surface area (Å²) in [6.07, 6.45) is 2.21. The number of nitrogens with zero attached hydrogens (tertiary/aromatic N) is 1. The van der Waals surface area contributed by atoms with Crippen LogP contribution >= 0.6 is 0 Å². The smallest absolute Gasteiger partial charge is 0.319 e. The Bertz CT molecular complexity index is 1020. The zero-order chi connectivity index (χ0) is 22.7. The van der Waals surface area contributed by atoms with Crippen LogP contribution in [0.15, 0.2) is 48.7 Å². The van der Waals surface area contributed by atoms with E-state index in [2.05, 4.69) is 112 Å². The van der Waals surface area contributed by atoms with Gasteiger partial charge in [-0.3, -0.25) is 0 Å². The van der Waals surface area contributed by atoms with Crippen molar-refractivity contribution in [1.82, 2.24) is 9.88 Å². The molecule has 0 spiro atoms. The van der Waals surface area contributed by atoms with E-state index < -0.39 is 0 Å². The Morgan fingerprint density at radius 2 is 1.48 bits per heavy atom. The van der Waals surface area contributed by atoms with E-state index in [0.717, 1.165) is 5.69 Å². The third-order valence-corrected chi connectivity index (χ3v) is 6.23. The number of benzene rings is 2. The van der Waals surface area contributed by atoms with E-state index in [9.17, 15) is 4.79 Å². The van der Waals surface area contributed by atoms with Crippen LogP contribution in [-0.4, -0.2) is 17.1 Å². The Labute approximate surface area is 187 Å². The van der Waals surface area contributed by atoms with Crippen molar-refractivity contribution in [1.29, 1.82) is 0 Å². The van der Waals surface area contributed by atoms with E-state index in [0.29, 0.717) is 24.3 Å². The fourth-order valence-electron chi connectivity index (χ4n) is 4.43. The average molecular weight is 420 g/mol. The SMILES string of the molecule is CC(C)c1cccc(C(C)C)c1NC(=O)NCC(c1cn(C)c2ccccc12)C(C)C. The van der Waals surface area contributed by atoms with Crippen molar-refractivity contribution in [3.63, 3.8) is 0 Å². The molecule has 0 aliphatic heterocycles. The molecule has 0 saturated carbocycles. The molecule has 0 radical (unpaired) electrons. The Morgan fingerprint density at radius 3 is 2.06 bits per heavy atom. The summed E-state index contributed by atoms with van der Waals surface area (Å²) in [4.78, 5) is 13.0. The Balaban J connectivity index is 1.81. The molecule has 0 aliphatic rings. The van der Waals surface area contributed by atoms with Gasteiger partial charge in [-0.2, -0.15) is 0 Å². The van der Waals surface area contributed by atoms with Gasteiger partial charge < -0.3 is 15.2 Å². The first-order valence-electron chi connectivity index (χ1n) is 11.4. The first-order chi connectivity index (χ1) is 14.7. The molecule has 1 unspecified atom stereocenters. The Hall–Kier alpha value is -2.75. The summed E-state index contributed by atoms with van der Waals surface area (Å²) in [5.74, 6) is 1.32. The van der Waals surface area contributed by atoms with Crippen molar-refractivity contribution in [3.8, 4) is 0 Å². The predicted molar refractivity (Wildman–Crippen MR) is 132 cm³/mol. The second kappa shape index (κ2) is 9.59. The summed E-state index contributed by atoms with van der Waals surface area (Å²) in [6, 6.07) is 14.6. The molecule has 166 valence electrons. The Morgan fingerprint density at radius 1 is 0.871 bits per heavy atom. The van der Waals surface area contributed by atoms with Crippen molar-refractivity contribution in [2.75, 3.05) is 11.9 Å². The van der Waals surface area contributed by atoms with Gasteiger partial charge in [-0.15, -0.1) is 0 Å². The minimum absolute atomic E-state index is 0.138. The largest absolute Gasteiger partial charge is 0.350 e. The van der Waals surface area contributed by atoms with Gasteiger partial charge in [0, 0.05) is 42.3 Å². The first-order valence-corrected chi connectivity index (χ1v) is 11.4. The normalized spacial score (nSPS) is 12.7. The lowest BCUT2D eigenvalue weighted by atomic mass is 9.88. The number of para-hydroxylation sites is 2. The molecule has 0 saturated heterocycles. The molecule has 0 aliphatic carbocycles. The molecule has 3 aromatic rings. The van der Waals surface area contributed by atoms with Gasteiger partial charge in [0.05, 0.1) is 0 Å². The lowest BCUT2D eigenvalue weighted by Gasteiger charge is -2.23. The number of hydrogen-bond donors (Lipinski definition) is 2. The molecule has 1 heterocycles. The lowest BCUT2D eigenvalue weighted by molar-refractivity contribution is 0.250. The Kier molecular flexibility index (Phi) is 7.09. The summed E-state index contributed by atoms with van der Waals surface area (Å²) in [7, 11) is 2.08. The zero-order valence-corrected chi connectivity index (χ0v) is 20.0. The highest BCUT2D eigenvalue weighted by Gasteiger charge is 2.22. The van der Waals surface area contributed by atoms with Gasteiger partial charge >= 0.3 is 6.03 Å². The molecule has 4 nitrogen and oxygen atoms in total. The van der Waals surface area contributed by atoms with E-state index in [1.807, 2.05) is 0 Å². The highest BCUT2D eigenvalue weighted by atomic mass is 16.2. The molecule has 0 bridgehead atoms. The standard InChI is InChI=1S/C27H37N3O/c1-17(2)20-12-10-13-21(18(3)4)26(20)29-27(31)28-15-23(19(5)6)24-16-30(7)25-14-9-8-11-22(24)25/h8-14,16-19,23H,15H2,1-7H3,(H2,28,29,31). The number of nitrogens with one attached hydrogen (secondary N) is 2. The van der Waals surface area contributed by atoms with Gasteiger partial charge in [0.2, 0.25) is 0 Å². The van der Waals surface area contributed by atoms with Crippen LogP contribution < -0.4 is 10.6 Å². The highest BCUT2D eigenvalue weighted by Crippen LogP contribution is 2.33. The monoisotopic (exact) mass is 419 g/mol. The lowest BCUT2D eigenvalue weighted by Crippen LogP contribution is -2.34. The second-order valence-electron chi connectivity index (χ2n) is 9.52. The summed E-state index contributed by atoms with van der Waals surface area (Å²) in [5.41, 5.74) is 5.82. The number of urea groups is 1. The van der Waals surface area contributed by atoms with Crippen LogP contribution in [0.25, 0.3) is 10.9 Å². The van der Waals surface area contributed by atoms with Gasteiger partial charge in [0.15, 0.2) is 0 Å². The molecule has 2 aromatic carbocycles. The van der Waals surface area contributed by atoms with E-state index in [4.69, 9.17) is 0 Å². The van der Waals surface area contributed by atoms with Crippen LogP contribution in [0.3, 0.4) is 0 Å². The molecular formula is C27H37N3O. The number of rotatable bonds is 7. The molecule has 31 heavy (non-hydrogen) atoms. The van der Waals surface area contributed by atoms with Gasteiger partial charge in [0.1, 0.15) is 0 Å². The quantitative estimate of drug-likeness (QED) is 0.426. The summed E-state index contributed by atoms with van der Waals surface area (Å²) >= 11 is 0. The third-order valence-electron chi connectivity index (χ3n) is 6.23. The minimum Gasteiger partial charge on any atom is -0.350 e. The van der Waals surface area contributed by atoms with Crippen LogP contribution in [-0.2, 0) is 7.05 Å². The number of aryl methyl sites for hydroxylation is 1. The fraction of sp³-hybridized carbons (Fsp3) is 0.444. The van der Waals surface area contributed by atoms with E-state index >= 15 is 0 Å². The number of carbonyl (C=O) groups excluding carboxylic acids is 1. The van der Waals surface area contributed by atoms with Crippen LogP contribution in [0.1, 0.15) is 76.0 Å². The number of fused-ring (bicyclic) bond motifs is 1. The molecular weight excluding hydrogens is 382 g/mol. The van der Waals surface area contributed by atoms with Crippen LogP contribution in [0.5, 0.6) is 0 Å². The maximum absolute atomic E-state index is 13.0. The average Bonchev–Trinajstić information content (AvgIpc) is 3.04. The van der Waals surface area contributed by atoms with Crippen molar-refractivity contribution < 1.29 is 4.79 Å². The molecule has 3 rings (SSSR count). The summed E-state index contributed by atoms with van der Waals surface area (Å²) in [5, 5.41) is 7.59. The topological polar surface area (TPSA) is 46.1 Å². The second-order valence-corrected chi connectivity index (χ2v) is 9.52. The molecule has 0 fully saturated rings. The maximum Gasteiger partial charge on any atom is 0.319 e. The summed E-state index contributed by atoms with van der Waals surface area (Å²) < 4.78 is 2.17. The molecule has 2 amide bonds. The van der Waals surface area contributed by atoms with Gasteiger partial charge in [-0.25, -0.2) is 4.79 Å². The fourth-order valence-corrected chi connectivity index (χ4v) is 4.43. The van der Waals surface area contributed by atoms with E-state index in [-0.39, 0.29) is 11.9 Å². The number of anilines is 1. The number of aromatic nitrogens is 1. The van der Waals surface area contributed by atoms with E-state index in [1.165, 1.54) is 27.6 Å². The van der Waals surface area contributed by atoms with Crippen molar-refractivity contribution in [2.24, 2.45) is 13.0 Å². The third kappa shape index (κ3) is 4.95. The highest BCUT2D eigenvalue weighted by molar-refractivity contribution is 5.91.